The van der Waals surface area contributed by atoms with E-state index in [0.717, 1.165) is 10.8 Å². The minimum atomic E-state index is 0.641. The lowest BCUT2D eigenvalue weighted by Gasteiger charge is -1.99. The van der Waals surface area contributed by atoms with E-state index in [1.807, 2.05) is 24.3 Å². The second-order valence-corrected chi connectivity index (χ2v) is 2.50. The number of pyridine rings is 1. The van der Waals surface area contributed by atoms with E-state index in [2.05, 4.69) is 11.1 Å². The molecule has 2 aromatic rings. The number of methoxy groups -OCH3 is 1. The monoisotopic (exact) mass is 158 g/mol. The van der Waals surface area contributed by atoms with Gasteiger partial charge in [-0.05, 0) is 17.5 Å². The van der Waals surface area contributed by atoms with Gasteiger partial charge in [0, 0.05) is 17.6 Å². The van der Waals surface area contributed by atoms with Crippen molar-refractivity contribution in [3.63, 3.8) is 0 Å². The average Bonchev–Trinajstić information content (AvgIpc) is 2.17. The summed E-state index contributed by atoms with van der Waals surface area (Å²) in [7, 11) is 1.61. The first kappa shape index (κ1) is 7.10. The molecule has 0 unspecified atom stereocenters. The molecule has 59 valence electrons. The predicted octanol–water partition coefficient (Wildman–Crippen LogP) is 2.04. The summed E-state index contributed by atoms with van der Waals surface area (Å²) in [5, 5.41) is 2.21. The van der Waals surface area contributed by atoms with Crippen LogP contribution in [0.2, 0.25) is 0 Å². The van der Waals surface area contributed by atoms with Crippen LogP contribution < -0.4 is 4.74 Å². The first-order valence-corrected chi connectivity index (χ1v) is 3.70. The zero-order valence-corrected chi connectivity index (χ0v) is 6.74. The summed E-state index contributed by atoms with van der Waals surface area (Å²) in [5.41, 5.74) is 0. The van der Waals surface area contributed by atoms with Crippen molar-refractivity contribution in [2.75, 3.05) is 7.11 Å². The van der Waals surface area contributed by atoms with Gasteiger partial charge >= 0.3 is 0 Å². The molecule has 12 heavy (non-hydrogen) atoms. The molecule has 1 radical (unpaired) electrons. The van der Waals surface area contributed by atoms with Crippen LogP contribution in [0.5, 0.6) is 5.88 Å². The lowest BCUT2D eigenvalue weighted by Crippen LogP contribution is -1.86. The van der Waals surface area contributed by atoms with Crippen LogP contribution in [0.3, 0.4) is 0 Å². The van der Waals surface area contributed by atoms with Crippen molar-refractivity contribution < 1.29 is 4.74 Å². The van der Waals surface area contributed by atoms with E-state index in [-0.39, 0.29) is 0 Å². The molecule has 0 bridgehead atoms. The zero-order chi connectivity index (χ0) is 8.39. The summed E-state index contributed by atoms with van der Waals surface area (Å²) in [4.78, 5) is 4.09. The molecule has 0 aliphatic carbocycles. The standard InChI is InChI=1S/C10H8NO/c1-12-10-6-8-4-2-3-5-9(8)7-11-10/h3-7H,1H3. The van der Waals surface area contributed by atoms with Gasteiger partial charge in [-0.3, -0.25) is 0 Å². The predicted molar refractivity (Wildman–Crippen MR) is 47.1 cm³/mol. The van der Waals surface area contributed by atoms with Crippen molar-refractivity contribution >= 4 is 10.8 Å². The van der Waals surface area contributed by atoms with E-state index in [9.17, 15) is 0 Å². The van der Waals surface area contributed by atoms with Gasteiger partial charge in [0.25, 0.3) is 0 Å². The van der Waals surface area contributed by atoms with Crippen molar-refractivity contribution in [1.82, 2.24) is 4.98 Å². The Kier molecular flexibility index (Phi) is 1.67. The second-order valence-electron chi connectivity index (χ2n) is 2.50. The van der Waals surface area contributed by atoms with Crippen molar-refractivity contribution in [1.29, 1.82) is 0 Å². The summed E-state index contributed by atoms with van der Waals surface area (Å²) in [6.07, 6.45) is 1.79. The quantitative estimate of drug-likeness (QED) is 0.633. The third-order valence-electron chi connectivity index (χ3n) is 1.75. The van der Waals surface area contributed by atoms with Crippen LogP contribution in [0.1, 0.15) is 0 Å². The Balaban J connectivity index is 2.67. The lowest BCUT2D eigenvalue weighted by atomic mass is 10.2. The summed E-state index contributed by atoms with van der Waals surface area (Å²) < 4.78 is 5.00. The highest BCUT2D eigenvalue weighted by molar-refractivity contribution is 5.82. The number of rotatable bonds is 1. The molecule has 0 amide bonds. The molecule has 2 heteroatoms. The summed E-state index contributed by atoms with van der Waals surface area (Å²) in [6, 6.07) is 10.7. The number of benzene rings is 1. The summed E-state index contributed by atoms with van der Waals surface area (Å²) >= 11 is 0. The minimum Gasteiger partial charge on any atom is -0.481 e. The summed E-state index contributed by atoms with van der Waals surface area (Å²) in [6.45, 7) is 0. The third-order valence-corrected chi connectivity index (χ3v) is 1.75. The number of hydrogen-bond donors (Lipinski definition) is 0. The smallest absolute Gasteiger partial charge is 0.213 e. The molecule has 0 spiro atoms. The van der Waals surface area contributed by atoms with Gasteiger partial charge in [-0.25, -0.2) is 4.98 Å². The van der Waals surface area contributed by atoms with Crippen molar-refractivity contribution in [3.8, 4) is 5.88 Å². The fourth-order valence-electron chi connectivity index (χ4n) is 1.11. The highest BCUT2D eigenvalue weighted by Gasteiger charge is 1.94. The molecule has 0 N–H and O–H groups in total. The van der Waals surface area contributed by atoms with Gasteiger partial charge in [0.2, 0.25) is 5.88 Å². The largest absolute Gasteiger partial charge is 0.481 e. The van der Waals surface area contributed by atoms with Crippen LogP contribution >= 0.6 is 0 Å². The molecule has 1 heterocycles. The van der Waals surface area contributed by atoms with Crippen molar-refractivity contribution in [3.05, 3.63) is 36.5 Å². The Labute approximate surface area is 70.8 Å². The number of fused-ring (bicyclic) bond motifs is 1. The molecule has 0 atom stereocenters. The van der Waals surface area contributed by atoms with Gasteiger partial charge in [0.1, 0.15) is 0 Å². The second kappa shape index (κ2) is 2.81. The fourth-order valence-corrected chi connectivity index (χ4v) is 1.11. The van der Waals surface area contributed by atoms with Crippen LogP contribution in [0, 0.1) is 6.07 Å². The van der Waals surface area contributed by atoms with E-state index in [1.54, 1.807) is 13.3 Å². The van der Waals surface area contributed by atoms with Gasteiger partial charge in [0.15, 0.2) is 0 Å². The van der Waals surface area contributed by atoms with Crippen LogP contribution in [0.25, 0.3) is 10.8 Å². The molecule has 0 aliphatic rings. The summed E-state index contributed by atoms with van der Waals surface area (Å²) in [5.74, 6) is 0.641. The SMILES string of the molecule is COc1cc2c[c]ccc2cn1. The topological polar surface area (TPSA) is 22.1 Å². The minimum absolute atomic E-state index is 0.641. The van der Waals surface area contributed by atoms with Gasteiger partial charge in [-0.1, -0.05) is 12.1 Å². The number of nitrogens with zero attached hydrogens (tertiary/aromatic N) is 1. The van der Waals surface area contributed by atoms with Crippen molar-refractivity contribution in [2.45, 2.75) is 0 Å². The Morgan fingerprint density at radius 3 is 3.17 bits per heavy atom. The molecule has 0 fully saturated rings. The maximum atomic E-state index is 5.00. The molecule has 0 aliphatic heterocycles. The zero-order valence-electron chi connectivity index (χ0n) is 6.74. The molecule has 1 aromatic heterocycles. The van der Waals surface area contributed by atoms with E-state index in [0.29, 0.717) is 5.88 Å². The maximum absolute atomic E-state index is 5.00. The molecule has 2 nitrogen and oxygen atoms in total. The van der Waals surface area contributed by atoms with E-state index < -0.39 is 0 Å². The number of aromatic nitrogens is 1. The Bertz CT molecular complexity index is 398. The van der Waals surface area contributed by atoms with Crippen LogP contribution in [0.4, 0.5) is 0 Å². The first-order chi connectivity index (χ1) is 5.90. The van der Waals surface area contributed by atoms with E-state index in [1.165, 1.54) is 0 Å². The fraction of sp³-hybridized carbons (Fsp3) is 0.100. The molecular formula is C10H8NO. The first-order valence-electron chi connectivity index (χ1n) is 3.70. The molecule has 1 aromatic carbocycles. The molecule has 0 saturated carbocycles. The molecular weight excluding hydrogens is 150 g/mol. The normalized spacial score (nSPS) is 10.1. The molecule has 0 saturated heterocycles. The van der Waals surface area contributed by atoms with Crippen LogP contribution in [-0.2, 0) is 0 Å². The highest BCUT2D eigenvalue weighted by atomic mass is 16.5. The van der Waals surface area contributed by atoms with Crippen LogP contribution in [-0.4, -0.2) is 12.1 Å². The average molecular weight is 158 g/mol. The van der Waals surface area contributed by atoms with Crippen molar-refractivity contribution in [2.24, 2.45) is 0 Å². The van der Waals surface area contributed by atoms with Gasteiger partial charge in [-0.15, -0.1) is 0 Å². The Morgan fingerprint density at radius 2 is 2.33 bits per heavy atom. The highest BCUT2D eigenvalue weighted by Crippen LogP contribution is 2.16. The van der Waals surface area contributed by atoms with E-state index >= 15 is 0 Å². The number of hydrogen-bond acceptors (Lipinski definition) is 2. The van der Waals surface area contributed by atoms with E-state index in [4.69, 9.17) is 4.74 Å². The van der Waals surface area contributed by atoms with Gasteiger partial charge in [0.05, 0.1) is 7.11 Å². The van der Waals surface area contributed by atoms with Gasteiger partial charge < -0.3 is 4.74 Å². The van der Waals surface area contributed by atoms with Crippen LogP contribution in [0.15, 0.2) is 30.5 Å². The Morgan fingerprint density at radius 1 is 1.42 bits per heavy atom. The number of ether oxygens (including phenoxy) is 1. The third kappa shape index (κ3) is 1.11. The maximum Gasteiger partial charge on any atom is 0.213 e. The lowest BCUT2D eigenvalue weighted by molar-refractivity contribution is 0.399. The van der Waals surface area contributed by atoms with Gasteiger partial charge in [-0.2, -0.15) is 0 Å². The molecule has 2 rings (SSSR count). The Hall–Kier alpha value is -1.57.